The van der Waals surface area contributed by atoms with Crippen LogP contribution in [0.15, 0.2) is 18.2 Å². The minimum absolute atomic E-state index is 0.0153. The van der Waals surface area contributed by atoms with E-state index in [0.29, 0.717) is 0 Å². The Labute approximate surface area is 151 Å². The number of ether oxygens (including phenoxy) is 1. The highest BCUT2D eigenvalue weighted by atomic mass is 19.4. The Balaban J connectivity index is 2.11. The average Bonchev–Trinajstić information content (AvgIpc) is 2.57. The van der Waals surface area contributed by atoms with Crippen molar-refractivity contribution in [2.75, 3.05) is 25.1 Å². The molecular formula is C18H25F3N2O3. The lowest BCUT2D eigenvalue weighted by Gasteiger charge is -2.39. The zero-order valence-electron chi connectivity index (χ0n) is 15.0. The molecule has 1 saturated heterocycles. The molecule has 0 bridgehead atoms. The molecule has 146 valence electrons. The average molecular weight is 374 g/mol. The number of halogens is 3. The molecule has 2 unspecified atom stereocenters. The predicted molar refractivity (Wildman–Crippen MR) is 92.1 cm³/mol. The molecule has 1 aromatic carbocycles. The van der Waals surface area contributed by atoms with E-state index in [9.17, 15) is 18.0 Å². The monoisotopic (exact) mass is 374 g/mol. The highest BCUT2D eigenvalue weighted by Crippen LogP contribution is 2.37. The number of nitrogens with one attached hydrogen (secondary N) is 1. The van der Waals surface area contributed by atoms with Crippen LogP contribution in [0, 0.1) is 0 Å². The molecule has 1 aliphatic rings. The maximum atomic E-state index is 13.3. The lowest BCUT2D eigenvalue weighted by atomic mass is 9.97. The van der Waals surface area contributed by atoms with Crippen molar-refractivity contribution in [1.29, 1.82) is 0 Å². The molecule has 1 amide bonds. The normalized spacial score (nSPS) is 20.8. The topological polar surface area (TPSA) is 61.8 Å². The van der Waals surface area contributed by atoms with Crippen LogP contribution < -0.4 is 10.1 Å². The number of carbonyl (C=O) groups excluding carboxylic acids is 1. The van der Waals surface area contributed by atoms with Gasteiger partial charge in [0.25, 0.3) is 0 Å². The number of rotatable bonds is 6. The van der Waals surface area contributed by atoms with Crippen molar-refractivity contribution >= 4 is 11.6 Å². The zero-order chi connectivity index (χ0) is 19.3. The van der Waals surface area contributed by atoms with Gasteiger partial charge in [-0.25, -0.2) is 0 Å². The molecule has 26 heavy (non-hydrogen) atoms. The quantitative estimate of drug-likeness (QED) is 0.802. The number of piperidine rings is 1. The smallest absolute Gasteiger partial charge is 0.418 e. The van der Waals surface area contributed by atoms with Crippen molar-refractivity contribution in [2.45, 2.75) is 51.4 Å². The summed E-state index contributed by atoms with van der Waals surface area (Å²) in [6.45, 7) is 3.34. The van der Waals surface area contributed by atoms with Crippen LogP contribution in [0.4, 0.5) is 18.9 Å². The second-order valence-electron chi connectivity index (χ2n) is 6.56. The number of benzene rings is 1. The first-order chi connectivity index (χ1) is 12.2. The molecule has 0 saturated carbocycles. The van der Waals surface area contributed by atoms with Crippen molar-refractivity contribution in [1.82, 2.24) is 4.90 Å². The third-order valence-electron chi connectivity index (χ3n) is 4.57. The Morgan fingerprint density at radius 2 is 1.96 bits per heavy atom. The Bertz CT molecular complexity index is 612. The van der Waals surface area contributed by atoms with Crippen molar-refractivity contribution in [3.63, 3.8) is 0 Å². The first kappa shape index (κ1) is 20.4. The third kappa shape index (κ3) is 5.03. The van der Waals surface area contributed by atoms with Gasteiger partial charge in [-0.1, -0.05) is 0 Å². The number of likely N-dealkylation sites (tertiary alicyclic amines) is 1. The Morgan fingerprint density at radius 3 is 2.54 bits per heavy atom. The number of nitrogens with zero attached hydrogens (tertiary/aromatic N) is 1. The maximum Gasteiger partial charge on any atom is 0.418 e. The summed E-state index contributed by atoms with van der Waals surface area (Å²) in [5, 5.41) is 11.3. The van der Waals surface area contributed by atoms with Gasteiger partial charge in [-0.05, 0) is 51.3 Å². The van der Waals surface area contributed by atoms with E-state index in [2.05, 4.69) is 5.32 Å². The van der Waals surface area contributed by atoms with Gasteiger partial charge >= 0.3 is 6.18 Å². The number of carbonyl (C=O) groups is 1. The van der Waals surface area contributed by atoms with Crippen LogP contribution >= 0.6 is 0 Å². The first-order valence-corrected chi connectivity index (χ1v) is 8.74. The fourth-order valence-corrected chi connectivity index (χ4v) is 3.34. The summed E-state index contributed by atoms with van der Waals surface area (Å²) in [4.78, 5) is 14.2. The van der Waals surface area contributed by atoms with Crippen molar-refractivity contribution < 1.29 is 27.8 Å². The van der Waals surface area contributed by atoms with E-state index in [1.807, 2.05) is 13.8 Å². The summed E-state index contributed by atoms with van der Waals surface area (Å²) in [6, 6.07) is 3.67. The van der Waals surface area contributed by atoms with E-state index in [0.717, 1.165) is 25.3 Å². The largest absolute Gasteiger partial charge is 0.491 e. The molecule has 0 spiro atoms. The lowest BCUT2D eigenvalue weighted by molar-refractivity contribution is -0.138. The molecule has 2 N–H and O–H groups in total. The van der Waals surface area contributed by atoms with Crippen molar-refractivity contribution in [3.05, 3.63) is 23.8 Å². The SMILES string of the molecule is CC1CCCC(C)N1C(=O)CNc1ccc(OCCO)cc1C(F)(F)F. The van der Waals surface area contributed by atoms with Crippen LogP contribution in [0.3, 0.4) is 0 Å². The van der Waals surface area contributed by atoms with Gasteiger partial charge < -0.3 is 20.1 Å². The molecule has 1 heterocycles. The number of alkyl halides is 3. The van der Waals surface area contributed by atoms with Crippen LogP contribution in [0.2, 0.25) is 0 Å². The number of aliphatic hydroxyl groups excluding tert-OH is 1. The summed E-state index contributed by atoms with van der Waals surface area (Å²) in [7, 11) is 0. The van der Waals surface area contributed by atoms with E-state index in [-0.39, 0.29) is 49.2 Å². The molecule has 8 heteroatoms. The Morgan fingerprint density at radius 1 is 1.31 bits per heavy atom. The predicted octanol–water partition coefficient (Wildman–Crippen LogP) is 3.28. The van der Waals surface area contributed by atoms with Gasteiger partial charge in [0.1, 0.15) is 12.4 Å². The van der Waals surface area contributed by atoms with E-state index < -0.39 is 11.7 Å². The highest BCUT2D eigenvalue weighted by Gasteiger charge is 2.35. The number of hydrogen-bond donors (Lipinski definition) is 2. The van der Waals surface area contributed by atoms with Crippen molar-refractivity contribution in [3.8, 4) is 5.75 Å². The molecule has 1 fully saturated rings. The molecule has 0 aromatic heterocycles. The maximum absolute atomic E-state index is 13.3. The molecule has 2 atom stereocenters. The molecule has 1 aromatic rings. The van der Waals surface area contributed by atoms with Gasteiger partial charge in [-0.15, -0.1) is 0 Å². The fraction of sp³-hybridized carbons (Fsp3) is 0.611. The van der Waals surface area contributed by atoms with E-state index in [1.54, 1.807) is 4.90 Å². The van der Waals surface area contributed by atoms with Gasteiger partial charge in [0.15, 0.2) is 0 Å². The minimum atomic E-state index is -4.59. The minimum Gasteiger partial charge on any atom is -0.491 e. The van der Waals surface area contributed by atoms with E-state index in [4.69, 9.17) is 9.84 Å². The number of amides is 1. The lowest BCUT2D eigenvalue weighted by Crippen LogP contribution is -2.49. The van der Waals surface area contributed by atoms with Gasteiger partial charge in [0.2, 0.25) is 5.91 Å². The molecule has 0 radical (unpaired) electrons. The standard InChI is InChI=1S/C18H25F3N2O3/c1-12-4-3-5-13(2)23(12)17(25)11-22-16-7-6-14(26-9-8-24)10-15(16)18(19,20)21/h6-7,10,12-13,22,24H,3-5,8-9,11H2,1-2H3. The second-order valence-corrected chi connectivity index (χ2v) is 6.56. The van der Waals surface area contributed by atoms with Crippen LogP contribution in [0.1, 0.15) is 38.7 Å². The molecule has 5 nitrogen and oxygen atoms in total. The Kier molecular flexibility index (Phi) is 6.75. The molecule has 0 aliphatic carbocycles. The molecule has 2 rings (SSSR count). The fourth-order valence-electron chi connectivity index (χ4n) is 3.34. The van der Waals surface area contributed by atoms with Gasteiger partial charge in [-0.3, -0.25) is 4.79 Å². The number of anilines is 1. The van der Waals surface area contributed by atoms with Gasteiger partial charge in [-0.2, -0.15) is 13.2 Å². The Hall–Kier alpha value is -1.96. The summed E-state index contributed by atoms with van der Waals surface area (Å²) < 4.78 is 45.0. The van der Waals surface area contributed by atoms with Gasteiger partial charge in [0, 0.05) is 17.8 Å². The van der Waals surface area contributed by atoms with Crippen LogP contribution in [0.5, 0.6) is 5.75 Å². The second kappa shape index (κ2) is 8.62. The van der Waals surface area contributed by atoms with E-state index in [1.165, 1.54) is 12.1 Å². The molecular weight excluding hydrogens is 349 g/mol. The third-order valence-corrected chi connectivity index (χ3v) is 4.57. The number of hydrogen-bond acceptors (Lipinski definition) is 4. The van der Waals surface area contributed by atoms with Crippen LogP contribution in [0.25, 0.3) is 0 Å². The van der Waals surface area contributed by atoms with Crippen LogP contribution in [-0.4, -0.2) is 47.8 Å². The summed E-state index contributed by atoms with van der Waals surface area (Å²) in [5.74, 6) is -0.194. The van der Waals surface area contributed by atoms with E-state index >= 15 is 0 Å². The summed E-state index contributed by atoms with van der Waals surface area (Å²) >= 11 is 0. The first-order valence-electron chi connectivity index (χ1n) is 8.74. The van der Waals surface area contributed by atoms with Crippen molar-refractivity contribution in [2.24, 2.45) is 0 Å². The van der Waals surface area contributed by atoms with Gasteiger partial charge in [0.05, 0.1) is 18.7 Å². The summed E-state index contributed by atoms with van der Waals surface area (Å²) in [6.07, 6.45) is -1.73. The number of aliphatic hydroxyl groups is 1. The highest BCUT2D eigenvalue weighted by molar-refractivity contribution is 5.82. The van der Waals surface area contributed by atoms with Crippen LogP contribution in [-0.2, 0) is 11.0 Å². The molecule has 1 aliphatic heterocycles. The zero-order valence-corrected chi connectivity index (χ0v) is 15.0. The summed E-state index contributed by atoms with van der Waals surface area (Å²) in [5.41, 5.74) is -1.07.